The van der Waals surface area contributed by atoms with Crippen molar-refractivity contribution in [3.8, 4) is 0 Å². The van der Waals surface area contributed by atoms with Gasteiger partial charge in [-0.1, -0.05) is 30.3 Å². The summed E-state index contributed by atoms with van der Waals surface area (Å²) in [6.45, 7) is 1.20. The number of hydrogen-bond donors (Lipinski definition) is 2. The lowest BCUT2D eigenvalue weighted by Gasteiger charge is -2.23. The van der Waals surface area contributed by atoms with Crippen molar-refractivity contribution < 1.29 is 14.0 Å². The summed E-state index contributed by atoms with van der Waals surface area (Å²) >= 11 is 3.38. The van der Waals surface area contributed by atoms with Gasteiger partial charge in [0.05, 0.1) is 5.56 Å². The van der Waals surface area contributed by atoms with Crippen molar-refractivity contribution in [2.45, 2.75) is 13.0 Å². The van der Waals surface area contributed by atoms with Crippen LogP contribution >= 0.6 is 15.9 Å². The van der Waals surface area contributed by atoms with Gasteiger partial charge in [0.25, 0.3) is 11.8 Å². The maximum absolute atomic E-state index is 13.6. The molecule has 0 bridgehead atoms. The Bertz CT molecular complexity index is 1070. The minimum Gasteiger partial charge on any atom is -0.334 e. The largest absolute Gasteiger partial charge is 0.334 e. The summed E-state index contributed by atoms with van der Waals surface area (Å²) < 4.78 is 14.3. The molecule has 2 amide bonds. The van der Waals surface area contributed by atoms with Gasteiger partial charge in [0.1, 0.15) is 5.82 Å². The van der Waals surface area contributed by atoms with E-state index in [1.54, 1.807) is 35.2 Å². The minimum atomic E-state index is -0.457. The predicted octanol–water partition coefficient (Wildman–Crippen LogP) is 4.83. The van der Waals surface area contributed by atoms with Gasteiger partial charge >= 0.3 is 0 Å². The number of carbonyl (C=O) groups is 2. The molecule has 160 valence electrons. The van der Waals surface area contributed by atoms with Gasteiger partial charge in [0.2, 0.25) is 0 Å². The molecule has 0 aliphatic carbocycles. The molecule has 0 atom stereocenters. The quantitative estimate of drug-likeness (QED) is 0.481. The number of hydrogen-bond acceptors (Lipinski definition) is 3. The zero-order valence-corrected chi connectivity index (χ0v) is 18.4. The van der Waals surface area contributed by atoms with E-state index in [1.807, 2.05) is 24.3 Å². The number of nitrogens with one attached hydrogen (secondary N) is 1. The van der Waals surface area contributed by atoms with Crippen molar-refractivity contribution in [2.24, 2.45) is 5.73 Å². The van der Waals surface area contributed by atoms with Crippen LogP contribution in [0.3, 0.4) is 0 Å². The van der Waals surface area contributed by atoms with Crippen molar-refractivity contribution >= 4 is 33.4 Å². The van der Waals surface area contributed by atoms with Crippen LogP contribution in [0.25, 0.3) is 0 Å². The molecule has 7 heteroatoms. The molecule has 0 spiro atoms. The van der Waals surface area contributed by atoms with Gasteiger partial charge in [-0.2, -0.15) is 0 Å². The first-order chi connectivity index (χ1) is 15.0. The van der Waals surface area contributed by atoms with Gasteiger partial charge in [-0.15, -0.1) is 0 Å². The molecule has 0 aliphatic heterocycles. The SMILES string of the molecule is NCCCN(Cc1cccc(NC(=O)c2ccccc2Br)c1)C(=O)c1cccc(F)c1. The van der Waals surface area contributed by atoms with Gasteiger partial charge in [-0.25, -0.2) is 4.39 Å². The van der Waals surface area contributed by atoms with E-state index in [2.05, 4.69) is 21.2 Å². The number of anilines is 1. The van der Waals surface area contributed by atoms with Crippen LogP contribution < -0.4 is 11.1 Å². The second-order valence-corrected chi connectivity index (χ2v) is 7.87. The monoisotopic (exact) mass is 483 g/mol. The molecular weight excluding hydrogens is 461 g/mol. The third-order valence-electron chi connectivity index (χ3n) is 4.67. The lowest BCUT2D eigenvalue weighted by molar-refractivity contribution is 0.0741. The van der Waals surface area contributed by atoms with E-state index in [0.717, 1.165) is 5.56 Å². The first-order valence-corrected chi connectivity index (χ1v) is 10.7. The lowest BCUT2D eigenvalue weighted by atomic mass is 10.1. The molecule has 0 heterocycles. The topological polar surface area (TPSA) is 75.4 Å². The third kappa shape index (κ3) is 6.23. The van der Waals surface area contributed by atoms with Crippen LogP contribution in [0.5, 0.6) is 0 Å². The van der Waals surface area contributed by atoms with E-state index in [-0.39, 0.29) is 17.4 Å². The summed E-state index contributed by atoms with van der Waals surface area (Å²) in [6.07, 6.45) is 0.625. The molecule has 0 saturated carbocycles. The van der Waals surface area contributed by atoms with Crippen LogP contribution in [0.4, 0.5) is 10.1 Å². The van der Waals surface area contributed by atoms with Crippen LogP contribution in [-0.4, -0.2) is 29.8 Å². The van der Waals surface area contributed by atoms with E-state index < -0.39 is 5.82 Å². The van der Waals surface area contributed by atoms with E-state index in [0.29, 0.717) is 41.8 Å². The smallest absolute Gasteiger partial charge is 0.256 e. The van der Waals surface area contributed by atoms with Crippen LogP contribution in [0.15, 0.2) is 77.3 Å². The van der Waals surface area contributed by atoms with Gasteiger partial charge in [-0.05, 0) is 76.9 Å². The van der Waals surface area contributed by atoms with Gasteiger partial charge in [0.15, 0.2) is 0 Å². The lowest BCUT2D eigenvalue weighted by Crippen LogP contribution is -2.32. The Labute approximate surface area is 189 Å². The second-order valence-electron chi connectivity index (χ2n) is 7.01. The minimum absolute atomic E-state index is 0.236. The molecule has 31 heavy (non-hydrogen) atoms. The van der Waals surface area contributed by atoms with E-state index in [9.17, 15) is 14.0 Å². The number of amides is 2. The van der Waals surface area contributed by atoms with Crippen molar-refractivity contribution in [3.05, 3.63) is 99.8 Å². The van der Waals surface area contributed by atoms with Crippen LogP contribution in [0.2, 0.25) is 0 Å². The number of rotatable bonds is 8. The highest BCUT2D eigenvalue weighted by Crippen LogP contribution is 2.20. The molecule has 0 fully saturated rings. The van der Waals surface area contributed by atoms with Crippen molar-refractivity contribution in [1.82, 2.24) is 4.90 Å². The maximum atomic E-state index is 13.6. The first kappa shape index (κ1) is 22.7. The number of halogens is 2. The number of benzene rings is 3. The highest BCUT2D eigenvalue weighted by molar-refractivity contribution is 9.10. The number of nitrogens with two attached hydrogens (primary N) is 1. The van der Waals surface area contributed by atoms with Gasteiger partial charge in [-0.3, -0.25) is 9.59 Å². The van der Waals surface area contributed by atoms with Gasteiger partial charge < -0.3 is 16.0 Å². The fourth-order valence-corrected chi connectivity index (χ4v) is 3.62. The summed E-state index contributed by atoms with van der Waals surface area (Å²) in [4.78, 5) is 27.2. The molecule has 0 aromatic heterocycles. The predicted molar refractivity (Wildman–Crippen MR) is 123 cm³/mol. The van der Waals surface area contributed by atoms with Gasteiger partial charge in [0, 0.05) is 28.8 Å². The Morgan fingerprint density at radius 2 is 1.77 bits per heavy atom. The number of nitrogens with zero attached hydrogens (tertiary/aromatic N) is 1. The summed E-state index contributed by atoms with van der Waals surface area (Å²) in [7, 11) is 0. The molecular formula is C24H23BrFN3O2. The molecule has 0 radical (unpaired) electrons. The Balaban J connectivity index is 1.76. The van der Waals surface area contributed by atoms with E-state index in [1.165, 1.54) is 18.2 Å². The first-order valence-electron chi connectivity index (χ1n) is 9.87. The van der Waals surface area contributed by atoms with Crippen LogP contribution in [-0.2, 0) is 6.54 Å². The van der Waals surface area contributed by atoms with Crippen molar-refractivity contribution in [1.29, 1.82) is 0 Å². The molecule has 0 saturated heterocycles. The average Bonchev–Trinajstić information content (AvgIpc) is 2.76. The van der Waals surface area contributed by atoms with Crippen molar-refractivity contribution in [2.75, 3.05) is 18.4 Å². The highest BCUT2D eigenvalue weighted by atomic mass is 79.9. The summed E-state index contributed by atoms with van der Waals surface area (Å²) in [5, 5.41) is 2.88. The van der Waals surface area contributed by atoms with Crippen LogP contribution in [0, 0.1) is 5.82 Å². The summed E-state index contributed by atoms with van der Waals surface area (Å²) in [5.41, 5.74) is 7.90. The Kier molecular flexibility index (Phi) is 7.92. The summed E-state index contributed by atoms with van der Waals surface area (Å²) in [5.74, 6) is -0.961. The number of carbonyl (C=O) groups excluding carboxylic acids is 2. The van der Waals surface area contributed by atoms with Crippen molar-refractivity contribution in [3.63, 3.8) is 0 Å². The highest BCUT2D eigenvalue weighted by Gasteiger charge is 2.17. The van der Waals surface area contributed by atoms with Crippen LogP contribution in [0.1, 0.15) is 32.7 Å². The zero-order chi connectivity index (χ0) is 22.2. The fourth-order valence-electron chi connectivity index (χ4n) is 3.15. The molecule has 3 aromatic rings. The maximum Gasteiger partial charge on any atom is 0.256 e. The van der Waals surface area contributed by atoms with E-state index in [4.69, 9.17) is 5.73 Å². The fraction of sp³-hybridized carbons (Fsp3) is 0.167. The Morgan fingerprint density at radius 1 is 1.00 bits per heavy atom. The molecule has 3 aromatic carbocycles. The molecule has 3 rings (SSSR count). The molecule has 0 aliphatic rings. The Morgan fingerprint density at radius 3 is 2.52 bits per heavy atom. The standard InChI is InChI=1S/C24H23BrFN3O2/c25-22-11-2-1-10-21(22)23(30)28-20-9-3-6-17(14-20)16-29(13-5-12-27)24(31)18-7-4-8-19(26)15-18/h1-4,6-11,14-15H,5,12-13,16,27H2,(H,28,30). The summed E-state index contributed by atoms with van der Waals surface area (Å²) in [6, 6.07) is 20.1. The van der Waals surface area contributed by atoms with E-state index >= 15 is 0 Å². The second kappa shape index (κ2) is 10.8. The molecule has 3 N–H and O–H groups in total. The Hall–Kier alpha value is -3.03. The average molecular weight is 484 g/mol. The zero-order valence-electron chi connectivity index (χ0n) is 16.9. The molecule has 5 nitrogen and oxygen atoms in total. The normalized spacial score (nSPS) is 10.5. The molecule has 0 unspecified atom stereocenters. The third-order valence-corrected chi connectivity index (χ3v) is 5.36.